The van der Waals surface area contributed by atoms with Gasteiger partial charge in [0.25, 0.3) is 0 Å². The van der Waals surface area contributed by atoms with Gasteiger partial charge in [-0.15, -0.1) is 0 Å². The number of rotatable bonds is 2. The summed E-state index contributed by atoms with van der Waals surface area (Å²) in [6.45, 7) is 1.93. The van der Waals surface area contributed by atoms with Gasteiger partial charge in [0, 0.05) is 6.07 Å². The topological polar surface area (TPSA) is 63.4 Å². The molecule has 0 radical (unpaired) electrons. The highest BCUT2D eigenvalue weighted by atomic mass is 31.1. The van der Waals surface area contributed by atoms with Crippen LogP contribution in [-0.2, 0) is 0 Å². The van der Waals surface area contributed by atoms with Crippen molar-refractivity contribution < 1.29 is 10.0 Å². The Hall–Kier alpha value is -1.15. The molecule has 0 aliphatic heterocycles. The van der Waals surface area contributed by atoms with Crippen molar-refractivity contribution in [1.82, 2.24) is 0 Å². The van der Waals surface area contributed by atoms with E-state index >= 15 is 0 Å². The number of phenolic OH excluding ortho intramolecular Hbond substituents is 1. The molecule has 0 aliphatic carbocycles. The zero-order chi connectivity index (χ0) is 9.14. The molecular weight excluding hydrogens is 177 g/mol. The maximum atomic E-state index is 10.3. The lowest BCUT2D eigenvalue weighted by Crippen LogP contribution is -1.96. The standard InChI is InChI=1S/C7H8NO3P/c1-12-5-2-3-7(9)6(4-5)8(10)11/h2-4,9,12H,1H3. The van der Waals surface area contributed by atoms with Crippen LogP contribution < -0.4 is 5.30 Å². The summed E-state index contributed by atoms with van der Waals surface area (Å²) in [4.78, 5) is 9.75. The monoisotopic (exact) mass is 185 g/mol. The van der Waals surface area contributed by atoms with E-state index in [4.69, 9.17) is 5.11 Å². The zero-order valence-electron chi connectivity index (χ0n) is 6.44. The summed E-state index contributed by atoms with van der Waals surface area (Å²) in [6.07, 6.45) is 0. The van der Waals surface area contributed by atoms with E-state index in [1.54, 1.807) is 6.07 Å². The molecule has 0 bridgehead atoms. The zero-order valence-corrected chi connectivity index (χ0v) is 7.44. The number of phenols is 1. The van der Waals surface area contributed by atoms with Crippen LogP contribution in [0.5, 0.6) is 5.75 Å². The minimum absolute atomic E-state index is 0.221. The fraction of sp³-hybridized carbons (Fsp3) is 0.143. The Balaban J connectivity index is 3.17. The van der Waals surface area contributed by atoms with Crippen LogP contribution in [0.25, 0.3) is 0 Å². The molecule has 1 rings (SSSR count). The van der Waals surface area contributed by atoms with E-state index in [-0.39, 0.29) is 11.4 Å². The number of aromatic hydroxyl groups is 1. The lowest BCUT2D eigenvalue weighted by atomic mass is 10.3. The highest BCUT2D eigenvalue weighted by Gasteiger charge is 2.12. The molecule has 0 saturated heterocycles. The van der Waals surface area contributed by atoms with Crippen molar-refractivity contribution >= 4 is 19.6 Å². The summed E-state index contributed by atoms with van der Waals surface area (Å²) in [6, 6.07) is 4.43. The average Bonchev–Trinajstić information content (AvgIpc) is 2.05. The molecule has 1 aromatic rings. The molecule has 0 heterocycles. The maximum absolute atomic E-state index is 10.3. The number of nitro groups is 1. The average molecular weight is 185 g/mol. The number of nitro benzene ring substituents is 1. The molecule has 0 fully saturated rings. The second-order valence-electron chi connectivity index (χ2n) is 2.21. The summed E-state index contributed by atoms with van der Waals surface area (Å²) in [5.74, 6) is -0.276. The first-order valence-electron chi connectivity index (χ1n) is 3.30. The van der Waals surface area contributed by atoms with E-state index in [2.05, 4.69) is 0 Å². The minimum Gasteiger partial charge on any atom is -0.502 e. The van der Waals surface area contributed by atoms with Gasteiger partial charge in [0.15, 0.2) is 5.75 Å². The van der Waals surface area contributed by atoms with Crippen molar-refractivity contribution in [3.8, 4) is 5.75 Å². The first-order valence-corrected chi connectivity index (χ1v) is 4.80. The Bertz CT molecular complexity index is 314. The molecule has 0 saturated carbocycles. The minimum atomic E-state index is -0.584. The van der Waals surface area contributed by atoms with Gasteiger partial charge >= 0.3 is 5.69 Å². The summed E-state index contributed by atoms with van der Waals surface area (Å²) in [5, 5.41) is 20.3. The first-order chi connectivity index (χ1) is 5.65. The Kier molecular flexibility index (Phi) is 2.61. The van der Waals surface area contributed by atoms with E-state index < -0.39 is 4.92 Å². The van der Waals surface area contributed by atoms with Gasteiger partial charge in [-0.3, -0.25) is 10.1 Å². The van der Waals surface area contributed by atoms with Gasteiger partial charge in [0.2, 0.25) is 0 Å². The third kappa shape index (κ3) is 1.71. The highest BCUT2D eigenvalue weighted by Crippen LogP contribution is 2.24. The Morgan fingerprint density at radius 1 is 1.58 bits per heavy atom. The van der Waals surface area contributed by atoms with Gasteiger partial charge < -0.3 is 5.11 Å². The van der Waals surface area contributed by atoms with E-state index in [1.165, 1.54) is 12.1 Å². The van der Waals surface area contributed by atoms with Gasteiger partial charge in [-0.25, -0.2) is 0 Å². The molecule has 4 nitrogen and oxygen atoms in total. The van der Waals surface area contributed by atoms with Crippen molar-refractivity contribution in [3.63, 3.8) is 0 Å². The lowest BCUT2D eigenvalue weighted by molar-refractivity contribution is -0.385. The molecule has 0 aromatic heterocycles. The molecule has 1 N–H and O–H groups in total. The van der Waals surface area contributed by atoms with E-state index in [9.17, 15) is 10.1 Å². The molecule has 0 spiro atoms. The predicted octanol–water partition coefficient (Wildman–Crippen LogP) is 1.23. The van der Waals surface area contributed by atoms with E-state index in [0.717, 1.165) is 5.30 Å². The molecule has 1 atom stereocenters. The van der Waals surface area contributed by atoms with Crippen molar-refractivity contribution in [2.75, 3.05) is 6.66 Å². The fourth-order valence-electron chi connectivity index (χ4n) is 0.825. The van der Waals surface area contributed by atoms with Crippen LogP contribution in [0.3, 0.4) is 0 Å². The van der Waals surface area contributed by atoms with Crippen molar-refractivity contribution in [3.05, 3.63) is 28.3 Å². The largest absolute Gasteiger partial charge is 0.502 e. The number of nitrogens with zero attached hydrogens (tertiary/aromatic N) is 1. The quantitative estimate of drug-likeness (QED) is 0.428. The molecular formula is C7H8NO3P. The van der Waals surface area contributed by atoms with Crippen molar-refractivity contribution in [1.29, 1.82) is 0 Å². The number of benzene rings is 1. The summed E-state index contributed by atoms with van der Waals surface area (Å²) >= 11 is 0. The maximum Gasteiger partial charge on any atom is 0.311 e. The van der Waals surface area contributed by atoms with Gasteiger partial charge in [0.05, 0.1) is 4.92 Å². The van der Waals surface area contributed by atoms with Crippen LogP contribution in [0.1, 0.15) is 0 Å². The van der Waals surface area contributed by atoms with Gasteiger partial charge in [0.1, 0.15) is 0 Å². The van der Waals surface area contributed by atoms with Crippen LogP contribution in [0.15, 0.2) is 18.2 Å². The van der Waals surface area contributed by atoms with Crippen LogP contribution in [0.4, 0.5) is 5.69 Å². The first kappa shape index (κ1) is 8.94. The smallest absolute Gasteiger partial charge is 0.311 e. The molecule has 0 amide bonds. The summed E-state index contributed by atoms with van der Waals surface area (Å²) in [5.41, 5.74) is -0.221. The second-order valence-corrected chi connectivity index (χ2v) is 3.29. The summed E-state index contributed by atoms with van der Waals surface area (Å²) < 4.78 is 0. The molecule has 1 unspecified atom stereocenters. The number of hydrogen-bond acceptors (Lipinski definition) is 3. The van der Waals surface area contributed by atoms with E-state index in [1.807, 2.05) is 6.66 Å². The van der Waals surface area contributed by atoms with Gasteiger partial charge in [-0.05, 0) is 18.0 Å². The fourth-order valence-corrected chi connectivity index (χ4v) is 1.36. The van der Waals surface area contributed by atoms with Crippen LogP contribution >= 0.6 is 8.58 Å². The molecule has 64 valence electrons. The third-order valence-electron chi connectivity index (χ3n) is 1.46. The van der Waals surface area contributed by atoms with Crippen molar-refractivity contribution in [2.24, 2.45) is 0 Å². The van der Waals surface area contributed by atoms with Crippen LogP contribution in [0, 0.1) is 10.1 Å². The summed E-state index contributed by atoms with van der Waals surface area (Å²) in [7, 11) is 0.500. The van der Waals surface area contributed by atoms with Gasteiger partial charge in [-0.1, -0.05) is 14.6 Å². The Morgan fingerprint density at radius 2 is 2.25 bits per heavy atom. The Morgan fingerprint density at radius 3 is 2.75 bits per heavy atom. The SMILES string of the molecule is CPc1ccc(O)c([N+](=O)[O-])c1. The molecule has 5 heteroatoms. The highest BCUT2D eigenvalue weighted by molar-refractivity contribution is 7.46. The molecule has 0 aliphatic rings. The lowest BCUT2D eigenvalue weighted by Gasteiger charge is -1.98. The van der Waals surface area contributed by atoms with Crippen LogP contribution in [0.2, 0.25) is 0 Å². The Labute approximate surface area is 71.2 Å². The number of hydrogen-bond donors (Lipinski definition) is 1. The molecule has 12 heavy (non-hydrogen) atoms. The normalized spacial score (nSPS) is 10.8. The second kappa shape index (κ2) is 3.50. The van der Waals surface area contributed by atoms with Crippen molar-refractivity contribution in [2.45, 2.75) is 0 Å². The molecule has 1 aromatic carbocycles. The van der Waals surface area contributed by atoms with E-state index in [0.29, 0.717) is 8.58 Å². The van der Waals surface area contributed by atoms with Gasteiger partial charge in [-0.2, -0.15) is 0 Å². The van der Waals surface area contributed by atoms with Crippen LogP contribution in [-0.4, -0.2) is 16.7 Å². The predicted molar refractivity (Wildman–Crippen MR) is 48.6 cm³/mol. The third-order valence-corrected chi connectivity index (χ3v) is 2.35.